The number of nitrogens with one attached hydrogen (secondary N) is 1. The van der Waals surface area contributed by atoms with Crippen LogP contribution in [0.1, 0.15) is 42.5 Å². The van der Waals surface area contributed by atoms with Gasteiger partial charge in [0.1, 0.15) is 5.82 Å². The number of aromatic nitrogens is 3. The van der Waals surface area contributed by atoms with Crippen molar-refractivity contribution in [3.05, 3.63) is 94.2 Å². The second kappa shape index (κ2) is 7.80. The third-order valence-corrected chi connectivity index (χ3v) is 5.19. The first-order valence-corrected chi connectivity index (χ1v) is 10.1. The molecule has 156 valence electrons. The highest BCUT2D eigenvalue weighted by Gasteiger charge is 2.15. The van der Waals surface area contributed by atoms with Crippen LogP contribution in [-0.2, 0) is 5.41 Å². The molecule has 0 aliphatic carbocycles. The lowest BCUT2D eigenvalue weighted by Gasteiger charge is -2.19. The SMILES string of the molecule is Cc1nc2ncccc2c(=O)n1-c1cccc(NC(=O)c2ccc(C(C)(C)C)cc2)c1. The smallest absolute Gasteiger partial charge is 0.267 e. The van der Waals surface area contributed by atoms with Crippen LogP contribution in [0, 0.1) is 6.92 Å². The van der Waals surface area contributed by atoms with E-state index in [1.165, 1.54) is 10.1 Å². The fourth-order valence-corrected chi connectivity index (χ4v) is 3.48. The van der Waals surface area contributed by atoms with Crippen LogP contribution in [0.15, 0.2) is 71.7 Å². The third kappa shape index (κ3) is 4.10. The van der Waals surface area contributed by atoms with Crippen LogP contribution < -0.4 is 10.9 Å². The lowest BCUT2D eigenvalue weighted by Crippen LogP contribution is -2.23. The third-order valence-electron chi connectivity index (χ3n) is 5.19. The molecule has 0 radical (unpaired) electrons. The molecule has 4 rings (SSSR count). The Morgan fingerprint density at radius 3 is 2.45 bits per heavy atom. The van der Waals surface area contributed by atoms with Crippen molar-refractivity contribution in [2.75, 3.05) is 5.32 Å². The average Bonchev–Trinajstić information content (AvgIpc) is 2.73. The minimum absolute atomic E-state index is 0.0257. The van der Waals surface area contributed by atoms with E-state index in [2.05, 4.69) is 36.1 Å². The molecule has 0 fully saturated rings. The van der Waals surface area contributed by atoms with E-state index < -0.39 is 0 Å². The van der Waals surface area contributed by atoms with Gasteiger partial charge in [-0.05, 0) is 60.4 Å². The van der Waals surface area contributed by atoms with Gasteiger partial charge in [0.05, 0.1) is 11.1 Å². The van der Waals surface area contributed by atoms with E-state index >= 15 is 0 Å². The maximum absolute atomic E-state index is 13.0. The Balaban J connectivity index is 1.65. The van der Waals surface area contributed by atoms with Gasteiger partial charge in [0.25, 0.3) is 11.5 Å². The van der Waals surface area contributed by atoms with Gasteiger partial charge < -0.3 is 5.32 Å². The number of hydrogen-bond acceptors (Lipinski definition) is 4. The number of amides is 1. The minimum Gasteiger partial charge on any atom is -0.322 e. The molecule has 1 N–H and O–H groups in total. The Bertz CT molecular complexity index is 1330. The summed E-state index contributed by atoms with van der Waals surface area (Å²) in [7, 11) is 0. The van der Waals surface area contributed by atoms with Gasteiger partial charge in [-0.1, -0.05) is 39.0 Å². The molecule has 0 aliphatic rings. The zero-order valence-electron chi connectivity index (χ0n) is 18.0. The minimum atomic E-state index is -0.206. The molecule has 1 amide bonds. The number of hydrogen-bond donors (Lipinski definition) is 1. The number of fused-ring (bicyclic) bond motifs is 1. The highest BCUT2D eigenvalue weighted by atomic mass is 16.1. The van der Waals surface area contributed by atoms with Crippen molar-refractivity contribution in [3.8, 4) is 5.69 Å². The highest BCUT2D eigenvalue weighted by molar-refractivity contribution is 6.04. The molecule has 2 aromatic carbocycles. The first kappa shape index (κ1) is 20.5. The number of benzene rings is 2. The quantitative estimate of drug-likeness (QED) is 0.532. The van der Waals surface area contributed by atoms with E-state index in [-0.39, 0.29) is 16.9 Å². The number of aryl methyl sites for hydroxylation is 1. The first-order chi connectivity index (χ1) is 14.7. The van der Waals surface area contributed by atoms with E-state index in [4.69, 9.17) is 0 Å². The fraction of sp³-hybridized carbons (Fsp3) is 0.200. The van der Waals surface area contributed by atoms with Crippen LogP contribution in [0.25, 0.3) is 16.7 Å². The Kier molecular flexibility index (Phi) is 5.15. The monoisotopic (exact) mass is 412 g/mol. The van der Waals surface area contributed by atoms with E-state index in [0.717, 1.165) is 0 Å². The summed E-state index contributed by atoms with van der Waals surface area (Å²) in [6.45, 7) is 8.16. The molecule has 6 nitrogen and oxygen atoms in total. The van der Waals surface area contributed by atoms with Crippen molar-refractivity contribution in [2.24, 2.45) is 0 Å². The molecule has 0 saturated heterocycles. The van der Waals surface area contributed by atoms with E-state index in [1.807, 2.05) is 30.3 Å². The molecule has 0 bridgehead atoms. The van der Waals surface area contributed by atoms with Gasteiger partial charge in [0, 0.05) is 17.4 Å². The summed E-state index contributed by atoms with van der Waals surface area (Å²) in [4.78, 5) is 34.4. The van der Waals surface area contributed by atoms with Crippen LogP contribution in [0.2, 0.25) is 0 Å². The predicted molar refractivity (Wildman–Crippen MR) is 123 cm³/mol. The van der Waals surface area contributed by atoms with Crippen molar-refractivity contribution in [2.45, 2.75) is 33.1 Å². The molecule has 31 heavy (non-hydrogen) atoms. The Hall–Kier alpha value is -3.80. The summed E-state index contributed by atoms with van der Waals surface area (Å²) in [5.41, 5.74) is 3.21. The molecule has 6 heteroatoms. The van der Waals surface area contributed by atoms with Crippen LogP contribution in [0.5, 0.6) is 0 Å². The second-order valence-corrected chi connectivity index (χ2v) is 8.51. The molecular weight excluding hydrogens is 388 g/mol. The Labute approximate surface area is 180 Å². The Morgan fingerprint density at radius 1 is 1.00 bits per heavy atom. The van der Waals surface area contributed by atoms with Crippen molar-refractivity contribution >= 4 is 22.6 Å². The summed E-state index contributed by atoms with van der Waals surface area (Å²) in [5, 5.41) is 3.36. The second-order valence-electron chi connectivity index (χ2n) is 8.51. The number of carbonyl (C=O) groups excluding carboxylic acids is 1. The van der Waals surface area contributed by atoms with Gasteiger partial charge in [-0.15, -0.1) is 0 Å². The maximum atomic E-state index is 13.0. The van der Waals surface area contributed by atoms with Gasteiger partial charge >= 0.3 is 0 Å². The molecule has 0 aliphatic heterocycles. The van der Waals surface area contributed by atoms with E-state index in [0.29, 0.717) is 33.8 Å². The summed E-state index contributed by atoms with van der Waals surface area (Å²) in [6, 6.07) is 18.2. The number of rotatable bonds is 3. The average molecular weight is 412 g/mol. The van der Waals surface area contributed by atoms with Crippen LogP contribution in [0.3, 0.4) is 0 Å². The van der Waals surface area contributed by atoms with Crippen LogP contribution >= 0.6 is 0 Å². The summed E-state index contributed by atoms with van der Waals surface area (Å²) >= 11 is 0. The van der Waals surface area contributed by atoms with Gasteiger partial charge in [0.15, 0.2) is 5.65 Å². The highest BCUT2D eigenvalue weighted by Crippen LogP contribution is 2.23. The van der Waals surface area contributed by atoms with Crippen LogP contribution in [-0.4, -0.2) is 20.4 Å². The standard InChI is InChI=1S/C25H24N4O2/c1-16-27-22-21(9-6-14-26-22)24(31)29(16)20-8-5-7-19(15-20)28-23(30)17-10-12-18(13-11-17)25(2,3)4/h5-15H,1-4H3,(H,28,30). The molecule has 2 heterocycles. The number of nitrogens with zero attached hydrogens (tertiary/aromatic N) is 3. The molecule has 4 aromatic rings. The molecule has 0 atom stereocenters. The molecule has 0 spiro atoms. The molecule has 0 saturated carbocycles. The van der Waals surface area contributed by atoms with Gasteiger partial charge in [-0.25, -0.2) is 9.97 Å². The number of carbonyl (C=O) groups is 1. The van der Waals surface area contributed by atoms with Crippen molar-refractivity contribution in [1.82, 2.24) is 14.5 Å². The zero-order valence-corrected chi connectivity index (χ0v) is 18.0. The number of anilines is 1. The van der Waals surface area contributed by atoms with Crippen molar-refractivity contribution in [1.29, 1.82) is 0 Å². The molecule has 0 unspecified atom stereocenters. The van der Waals surface area contributed by atoms with E-state index in [9.17, 15) is 9.59 Å². The van der Waals surface area contributed by atoms with Crippen molar-refractivity contribution in [3.63, 3.8) is 0 Å². The van der Waals surface area contributed by atoms with Crippen LogP contribution in [0.4, 0.5) is 5.69 Å². The fourth-order valence-electron chi connectivity index (χ4n) is 3.48. The maximum Gasteiger partial charge on any atom is 0.267 e. The first-order valence-electron chi connectivity index (χ1n) is 10.1. The summed E-state index contributed by atoms with van der Waals surface area (Å²) in [5.74, 6) is 0.319. The van der Waals surface area contributed by atoms with Gasteiger partial charge in [-0.3, -0.25) is 14.2 Å². The lowest BCUT2D eigenvalue weighted by atomic mass is 9.87. The summed E-state index contributed by atoms with van der Waals surface area (Å²) in [6.07, 6.45) is 1.61. The number of pyridine rings is 1. The normalized spacial score (nSPS) is 11.5. The zero-order chi connectivity index (χ0) is 22.2. The predicted octanol–water partition coefficient (Wildman–Crippen LogP) is 4.64. The van der Waals surface area contributed by atoms with E-state index in [1.54, 1.807) is 43.5 Å². The van der Waals surface area contributed by atoms with Crippen molar-refractivity contribution < 1.29 is 4.79 Å². The summed E-state index contributed by atoms with van der Waals surface area (Å²) < 4.78 is 1.53. The lowest BCUT2D eigenvalue weighted by molar-refractivity contribution is 0.102. The van der Waals surface area contributed by atoms with Gasteiger partial charge in [0.2, 0.25) is 0 Å². The van der Waals surface area contributed by atoms with Gasteiger partial charge in [-0.2, -0.15) is 0 Å². The largest absolute Gasteiger partial charge is 0.322 e. The topological polar surface area (TPSA) is 76.9 Å². The molecule has 2 aromatic heterocycles. The molecular formula is C25H24N4O2. The Morgan fingerprint density at radius 2 is 1.74 bits per heavy atom.